The van der Waals surface area contributed by atoms with Crippen molar-refractivity contribution < 1.29 is 14.3 Å². The fourth-order valence-electron chi connectivity index (χ4n) is 2.58. The molecule has 1 aliphatic heterocycles. The molecular formula is C18H24N2O3S. The van der Waals surface area contributed by atoms with Gasteiger partial charge in [-0.3, -0.25) is 0 Å². The van der Waals surface area contributed by atoms with Gasteiger partial charge in [-0.2, -0.15) is 11.8 Å². The van der Waals surface area contributed by atoms with Gasteiger partial charge in [-0.05, 0) is 30.2 Å². The van der Waals surface area contributed by atoms with Gasteiger partial charge < -0.3 is 15.4 Å². The van der Waals surface area contributed by atoms with E-state index in [4.69, 9.17) is 4.74 Å². The van der Waals surface area contributed by atoms with Crippen LogP contribution in [0.4, 0.5) is 4.79 Å². The van der Waals surface area contributed by atoms with Crippen molar-refractivity contribution >= 4 is 23.8 Å². The Kier molecular flexibility index (Phi) is 6.73. The highest BCUT2D eigenvalue weighted by atomic mass is 32.2. The number of allylic oxidation sites excluding steroid dienone is 1. The fourth-order valence-corrected chi connectivity index (χ4v) is 3.07. The largest absolute Gasteiger partial charge is 0.461 e. The van der Waals surface area contributed by atoms with E-state index in [9.17, 15) is 9.59 Å². The second kappa shape index (κ2) is 8.78. The summed E-state index contributed by atoms with van der Waals surface area (Å²) in [6.07, 6.45) is 0.942. The molecule has 0 unspecified atom stereocenters. The van der Waals surface area contributed by atoms with Crippen molar-refractivity contribution in [3.05, 3.63) is 46.7 Å². The summed E-state index contributed by atoms with van der Waals surface area (Å²) in [5, 5.41) is 5.48. The number of hydrogen-bond acceptors (Lipinski definition) is 4. The Bertz CT molecular complexity index is 626. The van der Waals surface area contributed by atoms with Gasteiger partial charge in [0.2, 0.25) is 0 Å². The van der Waals surface area contributed by atoms with Crippen LogP contribution in [0, 0.1) is 0 Å². The van der Waals surface area contributed by atoms with Crippen LogP contribution in [0.1, 0.15) is 37.9 Å². The Morgan fingerprint density at radius 2 is 1.96 bits per heavy atom. The third-order valence-corrected chi connectivity index (χ3v) is 4.74. The highest BCUT2D eigenvalue weighted by molar-refractivity contribution is 7.99. The molecule has 0 saturated carbocycles. The van der Waals surface area contributed by atoms with Gasteiger partial charge >= 0.3 is 12.0 Å². The summed E-state index contributed by atoms with van der Waals surface area (Å²) in [6.45, 7) is 6.24. The third-order valence-electron chi connectivity index (χ3n) is 3.88. The molecule has 5 nitrogen and oxygen atoms in total. The number of hydrogen-bond donors (Lipinski definition) is 2. The van der Waals surface area contributed by atoms with E-state index in [0.29, 0.717) is 17.9 Å². The maximum atomic E-state index is 12.5. The summed E-state index contributed by atoms with van der Waals surface area (Å²) in [4.78, 5) is 24.3. The van der Waals surface area contributed by atoms with Crippen LogP contribution in [0.3, 0.4) is 0 Å². The molecular weight excluding hydrogens is 324 g/mol. The number of rotatable bonds is 7. The van der Waals surface area contributed by atoms with Crippen LogP contribution in [0.2, 0.25) is 0 Å². The van der Waals surface area contributed by atoms with Crippen LogP contribution < -0.4 is 10.6 Å². The van der Waals surface area contributed by atoms with Crippen molar-refractivity contribution in [2.24, 2.45) is 0 Å². The van der Waals surface area contributed by atoms with Crippen LogP contribution in [0.25, 0.3) is 0 Å². The van der Waals surface area contributed by atoms with E-state index in [1.165, 1.54) is 5.56 Å². The first kappa shape index (κ1) is 18.4. The number of amides is 2. The summed E-state index contributed by atoms with van der Waals surface area (Å²) in [5.41, 5.74) is 3.08. The standard InChI is InChI=1S/C18H24N2O3S/c1-4-13-6-8-14(9-7-13)16-15(12(3)19-18(22)20-16)17(21)23-10-11-24-5-2/h6-9,16H,4-5,10-11H2,1-3H3,(H2,19,20,22)/t16-/m1/s1. The summed E-state index contributed by atoms with van der Waals surface area (Å²) in [7, 11) is 0. The summed E-state index contributed by atoms with van der Waals surface area (Å²) in [6, 6.07) is 7.12. The first-order valence-electron chi connectivity index (χ1n) is 8.18. The van der Waals surface area contributed by atoms with Crippen molar-refractivity contribution in [1.29, 1.82) is 0 Å². The van der Waals surface area contributed by atoms with Crippen molar-refractivity contribution in [2.75, 3.05) is 18.1 Å². The molecule has 0 aliphatic carbocycles. The van der Waals surface area contributed by atoms with Crippen molar-refractivity contribution in [1.82, 2.24) is 10.6 Å². The smallest absolute Gasteiger partial charge is 0.338 e. The highest BCUT2D eigenvalue weighted by Crippen LogP contribution is 2.28. The molecule has 24 heavy (non-hydrogen) atoms. The lowest BCUT2D eigenvalue weighted by molar-refractivity contribution is -0.138. The van der Waals surface area contributed by atoms with E-state index in [2.05, 4.69) is 24.5 Å². The van der Waals surface area contributed by atoms with Gasteiger partial charge in [0.25, 0.3) is 0 Å². The summed E-state index contributed by atoms with van der Waals surface area (Å²) < 4.78 is 5.38. The molecule has 1 heterocycles. The maximum absolute atomic E-state index is 12.5. The molecule has 2 rings (SSSR count). The molecule has 1 aliphatic rings. The molecule has 0 fully saturated rings. The normalized spacial score (nSPS) is 17.3. The number of carbonyl (C=O) groups is 2. The number of ether oxygens (including phenoxy) is 1. The molecule has 1 aromatic carbocycles. The van der Waals surface area contributed by atoms with Gasteiger partial charge in [0.15, 0.2) is 0 Å². The lowest BCUT2D eigenvalue weighted by Gasteiger charge is -2.28. The minimum atomic E-state index is -0.490. The predicted octanol–water partition coefficient (Wildman–Crippen LogP) is 3.17. The Morgan fingerprint density at radius 1 is 1.25 bits per heavy atom. The van der Waals surface area contributed by atoms with E-state index in [-0.39, 0.29) is 12.0 Å². The van der Waals surface area contributed by atoms with Gasteiger partial charge in [-0.1, -0.05) is 38.1 Å². The average Bonchev–Trinajstić information content (AvgIpc) is 2.58. The van der Waals surface area contributed by atoms with Crippen molar-refractivity contribution in [3.63, 3.8) is 0 Å². The Hall–Kier alpha value is -1.95. The lowest BCUT2D eigenvalue weighted by atomic mass is 9.94. The van der Waals surface area contributed by atoms with Gasteiger partial charge in [-0.15, -0.1) is 0 Å². The van der Waals surface area contributed by atoms with Crippen LogP contribution in [-0.4, -0.2) is 30.1 Å². The van der Waals surface area contributed by atoms with E-state index >= 15 is 0 Å². The monoisotopic (exact) mass is 348 g/mol. The molecule has 2 N–H and O–H groups in total. The number of urea groups is 1. The number of esters is 1. The second-order valence-corrected chi connectivity index (χ2v) is 6.89. The minimum Gasteiger partial charge on any atom is -0.461 e. The molecule has 0 radical (unpaired) electrons. The van der Waals surface area contributed by atoms with Crippen molar-refractivity contribution in [2.45, 2.75) is 33.2 Å². The number of aryl methyl sites for hydroxylation is 1. The third kappa shape index (κ3) is 4.54. The van der Waals surface area contributed by atoms with E-state index in [0.717, 1.165) is 23.5 Å². The molecule has 1 atom stereocenters. The SMILES string of the molecule is CCSCCOC(=O)C1=C(C)NC(=O)N[C@@H]1c1ccc(CC)cc1. The van der Waals surface area contributed by atoms with Gasteiger partial charge in [0.05, 0.1) is 11.6 Å². The van der Waals surface area contributed by atoms with Crippen LogP contribution in [0.15, 0.2) is 35.5 Å². The Balaban J connectivity index is 2.21. The zero-order valence-electron chi connectivity index (χ0n) is 14.3. The molecule has 130 valence electrons. The highest BCUT2D eigenvalue weighted by Gasteiger charge is 2.32. The summed E-state index contributed by atoms with van der Waals surface area (Å²) in [5.74, 6) is 1.37. The Labute approximate surface area is 147 Å². The zero-order valence-corrected chi connectivity index (χ0v) is 15.2. The van der Waals surface area contributed by atoms with Crippen LogP contribution in [-0.2, 0) is 16.0 Å². The van der Waals surface area contributed by atoms with E-state index in [1.54, 1.807) is 18.7 Å². The second-order valence-electron chi connectivity index (χ2n) is 5.50. The van der Waals surface area contributed by atoms with Crippen LogP contribution in [0.5, 0.6) is 0 Å². The van der Waals surface area contributed by atoms with Gasteiger partial charge in [0, 0.05) is 11.4 Å². The molecule has 1 aromatic rings. The first-order chi connectivity index (χ1) is 11.6. The van der Waals surface area contributed by atoms with Crippen LogP contribution >= 0.6 is 11.8 Å². The first-order valence-corrected chi connectivity index (χ1v) is 9.34. The van der Waals surface area contributed by atoms with E-state index in [1.807, 2.05) is 24.3 Å². The quantitative estimate of drug-likeness (QED) is 0.587. The molecule has 0 aromatic heterocycles. The molecule has 6 heteroatoms. The molecule has 0 spiro atoms. The fraction of sp³-hybridized carbons (Fsp3) is 0.444. The average molecular weight is 348 g/mol. The Morgan fingerprint density at radius 3 is 2.58 bits per heavy atom. The molecule has 0 saturated heterocycles. The van der Waals surface area contributed by atoms with Gasteiger partial charge in [-0.25, -0.2) is 9.59 Å². The molecule has 0 bridgehead atoms. The lowest BCUT2D eigenvalue weighted by Crippen LogP contribution is -2.45. The predicted molar refractivity (Wildman–Crippen MR) is 96.9 cm³/mol. The number of thioether (sulfide) groups is 1. The zero-order chi connectivity index (χ0) is 17.5. The maximum Gasteiger partial charge on any atom is 0.338 e. The number of carbonyl (C=O) groups excluding carboxylic acids is 2. The topological polar surface area (TPSA) is 67.4 Å². The number of benzene rings is 1. The number of nitrogens with one attached hydrogen (secondary N) is 2. The minimum absolute atomic E-state index is 0.310. The molecule has 2 amide bonds. The van der Waals surface area contributed by atoms with Crippen molar-refractivity contribution in [3.8, 4) is 0 Å². The summed E-state index contributed by atoms with van der Waals surface area (Å²) >= 11 is 1.72. The van der Waals surface area contributed by atoms with Gasteiger partial charge in [0.1, 0.15) is 6.61 Å². The van der Waals surface area contributed by atoms with E-state index < -0.39 is 6.04 Å².